The summed E-state index contributed by atoms with van der Waals surface area (Å²) in [6.07, 6.45) is 3.59. The number of amides is 1. The molecule has 0 atom stereocenters. The molecule has 1 aromatic carbocycles. The van der Waals surface area contributed by atoms with Crippen molar-refractivity contribution in [2.45, 2.75) is 31.2 Å². The number of alkyl halides is 1. The van der Waals surface area contributed by atoms with Crippen molar-refractivity contribution in [3.63, 3.8) is 0 Å². The molecule has 2 rings (SSSR count). The van der Waals surface area contributed by atoms with Gasteiger partial charge in [0.05, 0.1) is 11.1 Å². The van der Waals surface area contributed by atoms with Crippen LogP contribution in [-0.2, 0) is 0 Å². The van der Waals surface area contributed by atoms with Gasteiger partial charge in [0.15, 0.2) is 0 Å². The normalized spacial score (nSPS) is 17.7. The summed E-state index contributed by atoms with van der Waals surface area (Å²) in [4.78, 5) is 12.0. The van der Waals surface area contributed by atoms with E-state index in [1.54, 1.807) is 0 Å². The van der Waals surface area contributed by atoms with Crippen LogP contribution in [0.25, 0.3) is 0 Å². The number of nitrogens with one attached hydrogen (secondary N) is 1. The Balaban J connectivity index is 2.16. The topological polar surface area (TPSA) is 29.1 Å². The van der Waals surface area contributed by atoms with E-state index in [1.807, 2.05) is 0 Å². The first kappa shape index (κ1) is 13.3. The number of rotatable bonds is 3. The van der Waals surface area contributed by atoms with Crippen molar-refractivity contribution in [3.05, 3.63) is 35.4 Å². The minimum absolute atomic E-state index is 0.146. The van der Waals surface area contributed by atoms with E-state index in [2.05, 4.69) is 5.32 Å². The summed E-state index contributed by atoms with van der Waals surface area (Å²) in [5, 5.41) is 2.79. The molecule has 0 saturated heterocycles. The Bertz CT molecular complexity index is 458. The third kappa shape index (κ3) is 2.64. The maximum Gasteiger partial charge on any atom is 0.254 e. The molecule has 1 amide bonds. The van der Waals surface area contributed by atoms with Crippen molar-refractivity contribution in [3.8, 4) is 0 Å². The second kappa shape index (κ2) is 5.22. The molecule has 2 nitrogen and oxygen atoms in total. The predicted molar refractivity (Wildman–Crippen MR) is 65.7 cm³/mol. The Hall–Kier alpha value is -1.16. The summed E-state index contributed by atoms with van der Waals surface area (Å²) in [6.45, 7) is 0. The summed E-state index contributed by atoms with van der Waals surface area (Å²) >= 11 is 5.89. The van der Waals surface area contributed by atoms with Gasteiger partial charge in [-0.15, -0.1) is 11.6 Å². The van der Waals surface area contributed by atoms with E-state index in [0.29, 0.717) is 11.9 Å². The molecular weight excluding hydrogens is 260 g/mol. The number of benzene rings is 1. The number of hydrogen-bond donors (Lipinski definition) is 1. The number of halogens is 3. The zero-order valence-corrected chi connectivity index (χ0v) is 10.6. The van der Waals surface area contributed by atoms with E-state index >= 15 is 0 Å². The highest BCUT2D eigenvalue weighted by atomic mass is 35.5. The summed E-state index contributed by atoms with van der Waals surface area (Å²) in [6, 6.07) is 2.92. The van der Waals surface area contributed by atoms with Crippen LogP contribution in [0.5, 0.6) is 0 Å². The van der Waals surface area contributed by atoms with Gasteiger partial charge in [-0.3, -0.25) is 4.79 Å². The molecular formula is C13H14ClF2NO. The van der Waals surface area contributed by atoms with Crippen molar-refractivity contribution in [1.82, 2.24) is 5.32 Å². The van der Waals surface area contributed by atoms with Crippen molar-refractivity contribution >= 4 is 17.5 Å². The van der Waals surface area contributed by atoms with Gasteiger partial charge in [0.1, 0.15) is 11.6 Å². The van der Waals surface area contributed by atoms with E-state index in [0.717, 1.165) is 37.8 Å². The molecule has 0 spiro atoms. The smallest absolute Gasteiger partial charge is 0.254 e. The quantitative estimate of drug-likeness (QED) is 0.842. The molecule has 0 aromatic heterocycles. The van der Waals surface area contributed by atoms with Crippen molar-refractivity contribution < 1.29 is 13.6 Å². The largest absolute Gasteiger partial charge is 0.345 e. The fraction of sp³-hybridized carbons (Fsp3) is 0.462. The maximum absolute atomic E-state index is 13.5. The van der Waals surface area contributed by atoms with E-state index in [9.17, 15) is 13.6 Å². The van der Waals surface area contributed by atoms with Gasteiger partial charge in [0.25, 0.3) is 5.91 Å². The Morgan fingerprint density at radius 3 is 2.56 bits per heavy atom. The lowest BCUT2D eigenvalue weighted by Gasteiger charge is -2.27. The standard InChI is InChI=1S/C13H14ClF2NO/c14-8-13(5-1-2-6-13)17-12(18)10-4-3-9(15)7-11(10)16/h3-4,7H,1-2,5-6,8H2,(H,17,18). The number of hydrogen-bond acceptors (Lipinski definition) is 1. The second-order valence-corrected chi connectivity index (χ2v) is 4.97. The Kier molecular flexibility index (Phi) is 3.85. The van der Waals surface area contributed by atoms with Gasteiger partial charge in [-0.25, -0.2) is 8.78 Å². The summed E-state index contributed by atoms with van der Waals surface area (Å²) < 4.78 is 26.2. The molecule has 0 heterocycles. The molecule has 98 valence electrons. The minimum atomic E-state index is -0.852. The molecule has 1 aliphatic rings. The fourth-order valence-electron chi connectivity index (χ4n) is 2.33. The fourth-order valence-corrected chi connectivity index (χ4v) is 2.66. The summed E-state index contributed by atoms with van der Waals surface area (Å²) in [5.41, 5.74) is -0.591. The van der Waals surface area contributed by atoms with E-state index in [-0.39, 0.29) is 5.56 Å². The van der Waals surface area contributed by atoms with Gasteiger partial charge in [-0.1, -0.05) is 12.8 Å². The average Bonchev–Trinajstić information content (AvgIpc) is 2.78. The predicted octanol–water partition coefficient (Wildman–Crippen LogP) is 3.25. The van der Waals surface area contributed by atoms with Crippen LogP contribution in [0.3, 0.4) is 0 Å². The molecule has 1 aliphatic carbocycles. The van der Waals surface area contributed by atoms with Crippen LogP contribution in [0.1, 0.15) is 36.0 Å². The molecule has 0 unspecified atom stereocenters. The van der Waals surface area contributed by atoms with E-state index < -0.39 is 23.1 Å². The Labute approximate surface area is 109 Å². The molecule has 5 heteroatoms. The van der Waals surface area contributed by atoms with Crippen LogP contribution in [0.15, 0.2) is 18.2 Å². The van der Waals surface area contributed by atoms with Gasteiger partial charge in [0.2, 0.25) is 0 Å². The van der Waals surface area contributed by atoms with Gasteiger partial charge < -0.3 is 5.32 Å². The zero-order valence-electron chi connectivity index (χ0n) is 9.81. The molecule has 0 bridgehead atoms. The zero-order chi connectivity index (χ0) is 13.2. The molecule has 0 radical (unpaired) electrons. The Morgan fingerprint density at radius 2 is 2.00 bits per heavy atom. The van der Waals surface area contributed by atoms with Crippen LogP contribution in [-0.4, -0.2) is 17.3 Å². The summed E-state index contributed by atoms with van der Waals surface area (Å²) in [5.74, 6) is -1.77. The molecule has 18 heavy (non-hydrogen) atoms. The lowest BCUT2D eigenvalue weighted by molar-refractivity contribution is 0.0905. The van der Waals surface area contributed by atoms with Crippen molar-refractivity contribution in [2.75, 3.05) is 5.88 Å². The van der Waals surface area contributed by atoms with E-state index in [4.69, 9.17) is 11.6 Å². The molecule has 0 aliphatic heterocycles. The first-order chi connectivity index (χ1) is 8.56. The Morgan fingerprint density at radius 1 is 1.33 bits per heavy atom. The van der Waals surface area contributed by atoms with Gasteiger partial charge >= 0.3 is 0 Å². The lowest BCUT2D eigenvalue weighted by atomic mass is 9.99. The monoisotopic (exact) mass is 273 g/mol. The molecule has 1 saturated carbocycles. The van der Waals surface area contributed by atoms with Crippen LogP contribution < -0.4 is 5.32 Å². The first-order valence-corrected chi connectivity index (χ1v) is 6.43. The van der Waals surface area contributed by atoms with Crippen LogP contribution in [0, 0.1) is 11.6 Å². The third-order valence-corrected chi connectivity index (χ3v) is 3.88. The van der Waals surface area contributed by atoms with Crippen LogP contribution >= 0.6 is 11.6 Å². The van der Waals surface area contributed by atoms with Gasteiger partial charge in [0, 0.05) is 11.9 Å². The highest BCUT2D eigenvalue weighted by Gasteiger charge is 2.35. The maximum atomic E-state index is 13.5. The van der Waals surface area contributed by atoms with Crippen molar-refractivity contribution in [2.24, 2.45) is 0 Å². The number of carbonyl (C=O) groups is 1. The highest BCUT2D eigenvalue weighted by molar-refractivity contribution is 6.19. The van der Waals surface area contributed by atoms with Gasteiger partial charge in [-0.2, -0.15) is 0 Å². The average molecular weight is 274 g/mol. The first-order valence-electron chi connectivity index (χ1n) is 5.90. The molecule has 1 N–H and O–H groups in total. The highest BCUT2D eigenvalue weighted by Crippen LogP contribution is 2.31. The number of carbonyl (C=O) groups excluding carboxylic acids is 1. The van der Waals surface area contributed by atoms with Crippen molar-refractivity contribution in [1.29, 1.82) is 0 Å². The van der Waals surface area contributed by atoms with Crippen LogP contribution in [0.4, 0.5) is 8.78 Å². The molecule has 1 aromatic rings. The van der Waals surface area contributed by atoms with Gasteiger partial charge in [-0.05, 0) is 25.0 Å². The molecule has 1 fully saturated rings. The lowest BCUT2D eigenvalue weighted by Crippen LogP contribution is -2.48. The SMILES string of the molecule is O=C(NC1(CCl)CCCC1)c1ccc(F)cc1F. The minimum Gasteiger partial charge on any atom is -0.345 e. The summed E-state index contributed by atoms with van der Waals surface area (Å²) in [7, 11) is 0. The van der Waals surface area contributed by atoms with E-state index in [1.165, 1.54) is 0 Å². The second-order valence-electron chi connectivity index (χ2n) is 4.70. The van der Waals surface area contributed by atoms with Crippen LogP contribution in [0.2, 0.25) is 0 Å². The third-order valence-electron chi connectivity index (χ3n) is 3.37.